The Morgan fingerprint density at radius 3 is 1.03 bits per heavy atom. The number of hydrogen-bond donors (Lipinski definition) is 6. The van der Waals surface area contributed by atoms with E-state index in [1.807, 2.05) is 231 Å². The molecule has 0 aliphatic heterocycles. The SMILES string of the molecule is COC(=O)c1ccc2c(c1)CCC[C@]2(O)c1ncc(-c2cc(C)cc(Nc3cc(-c4cn(Cc5ccc(OC)cc5)nn4)ccn3)n2)s1.COC(=O)c1ccc2c(c1)CCC[C@]2(O)c1ncc(-c2cc(C)cc(Nc3cc(-c4cn(Cc5ccc(OC)cc5)nn4)ccn3)n2)s1.COC(=O)c1ccc2c(c1)CCC[C@]2(O)c1nccs1.COc1ccc(Cn2cc(-c3ccnc(Nc4cc(C)cc(Br)n4)c3)nn2)cc1. The number of ether oxygens (including phenoxy) is 6. The van der Waals surface area contributed by atoms with Crippen LogP contribution in [0.5, 0.6) is 17.2 Å². The number of aliphatic hydroxyl groups is 3. The Hall–Kier alpha value is -15.9. The number of aromatic nitrogens is 18. The molecular weight excluding hydrogens is 1960 g/mol. The van der Waals surface area contributed by atoms with Crippen LogP contribution in [0.1, 0.15) is 151 Å². The predicted molar refractivity (Wildman–Crippen MR) is 556 cm³/mol. The van der Waals surface area contributed by atoms with Crippen molar-refractivity contribution in [1.29, 1.82) is 0 Å². The van der Waals surface area contributed by atoms with E-state index >= 15 is 0 Å². The van der Waals surface area contributed by atoms with E-state index in [-0.39, 0.29) is 5.97 Å². The van der Waals surface area contributed by atoms with Gasteiger partial charge in [-0.05, 0) is 307 Å². The molecule has 734 valence electrons. The van der Waals surface area contributed by atoms with Gasteiger partial charge in [-0.2, -0.15) is 0 Å². The highest BCUT2D eigenvalue weighted by Crippen LogP contribution is 2.48. The third-order valence-electron chi connectivity index (χ3n) is 24.8. The minimum atomic E-state index is -1.25. The summed E-state index contributed by atoms with van der Waals surface area (Å²) in [6, 6.07) is 62.9. The van der Waals surface area contributed by atoms with Crippen molar-refractivity contribution >= 4 is 103 Å². The molecule has 0 unspecified atom stereocenters. The van der Waals surface area contributed by atoms with Gasteiger partial charge in [0.2, 0.25) is 0 Å². The Kier molecular flexibility index (Phi) is 30.3. The highest BCUT2D eigenvalue weighted by atomic mass is 79.9. The quantitative estimate of drug-likeness (QED) is 0.0167. The Labute approximate surface area is 855 Å². The third-order valence-corrected chi connectivity index (χ3v) is 28.5. The molecule has 12 aromatic heterocycles. The van der Waals surface area contributed by atoms with Crippen LogP contribution >= 0.6 is 49.9 Å². The topological polar surface area (TPSA) is 412 Å². The number of pyridine rings is 6. The second kappa shape index (κ2) is 44.3. The molecule has 0 saturated heterocycles. The molecule has 37 heteroatoms. The number of carbonyl (C=O) groups is 3. The number of rotatable bonds is 26. The van der Waals surface area contributed by atoms with Crippen molar-refractivity contribution in [3.8, 4) is 72.2 Å². The Morgan fingerprint density at radius 2 is 0.710 bits per heavy atom. The van der Waals surface area contributed by atoms with Crippen LogP contribution < -0.4 is 30.2 Å². The number of benzene rings is 6. The number of nitrogens with zero attached hydrogens (tertiary/aromatic N) is 18. The van der Waals surface area contributed by atoms with Gasteiger partial charge in [-0.15, -0.1) is 49.3 Å². The van der Waals surface area contributed by atoms with Crippen molar-refractivity contribution in [1.82, 2.24) is 89.8 Å². The average molecular weight is 2060 g/mol. The average Bonchev–Trinajstić information content (AvgIpc) is 1.65. The fourth-order valence-corrected chi connectivity index (χ4v) is 21.0. The fourth-order valence-electron chi connectivity index (χ4n) is 17.7. The predicted octanol–water partition coefficient (Wildman–Crippen LogP) is 19.8. The number of methoxy groups -OCH3 is 6. The number of halogens is 1. The lowest BCUT2D eigenvalue weighted by Gasteiger charge is -2.33. The zero-order valence-electron chi connectivity index (χ0n) is 80.5. The van der Waals surface area contributed by atoms with Gasteiger partial charge in [0.15, 0.2) is 0 Å². The second-order valence-electron chi connectivity index (χ2n) is 34.9. The van der Waals surface area contributed by atoms with Crippen LogP contribution in [-0.4, -0.2) is 166 Å². The number of fused-ring (bicyclic) bond motifs is 3. The zero-order valence-corrected chi connectivity index (χ0v) is 84.5. The molecule has 0 fully saturated rings. The van der Waals surface area contributed by atoms with Gasteiger partial charge < -0.3 is 59.7 Å². The van der Waals surface area contributed by atoms with E-state index in [9.17, 15) is 29.7 Å². The molecule has 3 aliphatic rings. The molecule has 0 saturated carbocycles. The Balaban J connectivity index is 0.000000133. The number of anilines is 6. The van der Waals surface area contributed by atoms with Gasteiger partial charge in [0.1, 0.15) is 106 Å². The van der Waals surface area contributed by atoms with Crippen LogP contribution in [0.15, 0.2) is 266 Å². The highest BCUT2D eigenvalue weighted by molar-refractivity contribution is 9.10. The number of esters is 3. The van der Waals surface area contributed by atoms with Crippen molar-refractivity contribution in [3.05, 3.63) is 364 Å². The monoisotopic (exact) mass is 2060 g/mol. The van der Waals surface area contributed by atoms with Gasteiger partial charge in [-0.25, -0.2) is 73.3 Å². The zero-order chi connectivity index (χ0) is 101. The van der Waals surface area contributed by atoms with E-state index in [1.54, 1.807) is 86.1 Å². The van der Waals surface area contributed by atoms with Crippen molar-refractivity contribution in [3.63, 3.8) is 0 Å². The largest absolute Gasteiger partial charge is 0.497 e. The standard InChI is InChI=1S/2C36H33N7O4S.C21H19BrN6O.C15H15NO3S/c2*1-22-15-29(31-19-38-35(48-31)36(45)13-4-5-24-17-26(34(44)47-3)8-11-28(24)36)39-33(16-22)40-32-18-25(12-14-37-32)30-21-43(42-41-30)20-23-6-9-27(46-2)10-7-23;1-14-9-19(22)24-21(10-14)25-20-11-16(7-8-23-20)18-13-28(27-26-18)12-15-3-5-17(29-2)6-4-15;1-19-13(17)11-4-5-12-10(9-11)3-2-6-15(12,18)14-16-7-8-20-14/h2*6-12,14-19,21,45H,4-5,13,20H2,1-3H3,(H,37,39,40);3-11,13H,12H2,1-2H3,(H,23,24,25);4-5,7-9,18H,2-3,6H2,1H3/t2*36-;;15-/m11.1/s1. The minimum Gasteiger partial charge on any atom is -0.497 e. The van der Waals surface area contributed by atoms with Crippen LogP contribution in [0.4, 0.5) is 34.9 Å². The van der Waals surface area contributed by atoms with Crippen molar-refractivity contribution in [2.24, 2.45) is 0 Å². The molecule has 21 rings (SSSR count). The van der Waals surface area contributed by atoms with Gasteiger partial charge >= 0.3 is 17.9 Å². The molecule has 0 bridgehead atoms. The first-order valence-corrected chi connectivity index (χ1v) is 49.7. The number of thiazole rings is 3. The molecule has 33 nitrogen and oxygen atoms in total. The second-order valence-corrected chi connectivity index (χ2v) is 38.7. The van der Waals surface area contributed by atoms with E-state index in [1.165, 1.54) is 55.3 Å². The lowest BCUT2D eigenvalue weighted by molar-refractivity contribution is 0.0581. The van der Waals surface area contributed by atoms with E-state index in [0.717, 1.165) is 188 Å². The smallest absolute Gasteiger partial charge is 0.337 e. The molecule has 0 radical (unpaired) electrons. The fraction of sp³-hybridized carbons (Fsp3) is 0.222. The minimum absolute atomic E-state index is 0.351. The molecule has 6 aromatic carbocycles. The lowest BCUT2D eigenvalue weighted by Crippen LogP contribution is -2.32. The van der Waals surface area contributed by atoms with E-state index in [4.69, 9.17) is 38.4 Å². The van der Waals surface area contributed by atoms with Crippen LogP contribution in [0, 0.1) is 20.8 Å². The normalized spacial score (nSPS) is 15.3. The van der Waals surface area contributed by atoms with Crippen LogP contribution in [0.25, 0.3) is 54.9 Å². The van der Waals surface area contributed by atoms with Crippen molar-refractivity contribution in [2.45, 2.75) is 115 Å². The summed E-state index contributed by atoms with van der Waals surface area (Å²) in [7, 11) is 9.05. The first-order chi connectivity index (χ1) is 70.3. The number of nitrogens with one attached hydrogen (secondary N) is 3. The summed E-state index contributed by atoms with van der Waals surface area (Å²) in [5.41, 5.74) is 16.0. The first-order valence-electron chi connectivity index (χ1n) is 46.4. The molecular formula is C108H100BrN21O12S3. The molecule has 0 amide bonds. The summed E-state index contributed by atoms with van der Waals surface area (Å²) >= 11 is 7.70. The summed E-state index contributed by atoms with van der Waals surface area (Å²) in [5.74, 6) is 5.22. The number of carbonyl (C=O) groups excluding carboxylic acids is 3. The summed E-state index contributed by atoms with van der Waals surface area (Å²) in [6.07, 6.45) is 22.7. The lowest BCUT2D eigenvalue weighted by atomic mass is 9.79. The summed E-state index contributed by atoms with van der Waals surface area (Å²) in [4.78, 5) is 78.6. The van der Waals surface area contributed by atoms with Gasteiger partial charge in [0.05, 0.1) is 119 Å². The molecule has 0 spiro atoms. The molecule has 6 N–H and O–H groups in total. The number of aryl methyl sites for hydroxylation is 6. The van der Waals surface area contributed by atoms with Crippen LogP contribution in [0.3, 0.4) is 0 Å². The van der Waals surface area contributed by atoms with Gasteiger partial charge in [0, 0.05) is 59.3 Å². The maximum Gasteiger partial charge on any atom is 0.337 e. The van der Waals surface area contributed by atoms with E-state index in [0.29, 0.717) is 99.7 Å². The van der Waals surface area contributed by atoms with Crippen LogP contribution in [-0.2, 0) is 69.9 Å². The first kappa shape index (κ1) is 99.2. The Bertz CT molecular complexity index is 7370. The molecule has 3 atom stereocenters. The van der Waals surface area contributed by atoms with Gasteiger partial charge in [0.25, 0.3) is 0 Å². The third kappa shape index (κ3) is 23.2. The molecule has 18 aromatic rings. The summed E-state index contributed by atoms with van der Waals surface area (Å²) in [6.45, 7) is 7.84. The summed E-state index contributed by atoms with van der Waals surface area (Å²) in [5, 5.41) is 74.5. The maximum absolute atomic E-state index is 12.1. The summed E-state index contributed by atoms with van der Waals surface area (Å²) < 4.78 is 36.4. The highest BCUT2D eigenvalue weighted by Gasteiger charge is 2.42. The molecule has 12 heterocycles. The Morgan fingerprint density at radius 1 is 0.372 bits per heavy atom. The van der Waals surface area contributed by atoms with Crippen molar-refractivity contribution < 1.29 is 58.1 Å². The van der Waals surface area contributed by atoms with Crippen LogP contribution in [0.2, 0.25) is 0 Å². The number of hydrogen-bond acceptors (Lipinski definition) is 33. The maximum atomic E-state index is 12.1. The van der Waals surface area contributed by atoms with Gasteiger partial charge in [-0.1, -0.05) is 70.2 Å². The van der Waals surface area contributed by atoms with E-state index in [2.05, 4.69) is 97.7 Å². The molecule has 145 heavy (non-hydrogen) atoms. The van der Waals surface area contributed by atoms with Crippen molar-refractivity contribution in [2.75, 3.05) is 58.6 Å². The van der Waals surface area contributed by atoms with Gasteiger partial charge in [-0.3, -0.25) is 0 Å². The molecule has 3 aliphatic carbocycles. The van der Waals surface area contributed by atoms with E-state index < -0.39 is 28.7 Å².